The van der Waals surface area contributed by atoms with Crippen LogP contribution in [0.4, 0.5) is 0 Å². The van der Waals surface area contributed by atoms with Crippen LogP contribution in [0.2, 0.25) is 0 Å². The highest BCUT2D eigenvalue weighted by molar-refractivity contribution is 5.78. The average Bonchev–Trinajstić information content (AvgIpc) is 2.01. The molecule has 1 saturated heterocycles. The van der Waals surface area contributed by atoms with E-state index in [9.17, 15) is 4.79 Å². The van der Waals surface area contributed by atoms with Crippen molar-refractivity contribution in [3.63, 3.8) is 0 Å². The molecule has 82 valence electrons. The number of carbonyl (C=O) groups is 1. The summed E-state index contributed by atoms with van der Waals surface area (Å²) in [6.07, 6.45) is 0. The van der Waals surface area contributed by atoms with Gasteiger partial charge in [-0.05, 0) is 20.8 Å². The fraction of sp³-hybridized carbons (Fsp3) is 0.900. The van der Waals surface area contributed by atoms with Gasteiger partial charge in [0.2, 0.25) is 5.91 Å². The molecule has 4 heteroatoms. The van der Waals surface area contributed by atoms with Crippen molar-refractivity contribution in [3.05, 3.63) is 0 Å². The molecule has 0 bridgehead atoms. The molecular weight excluding hydrogens is 178 g/mol. The molecule has 1 heterocycles. The van der Waals surface area contributed by atoms with Gasteiger partial charge in [0.05, 0.1) is 6.54 Å². The van der Waals surface area contributed by atoms with Crippen LogP contribution in [0.5, 0.6) is 0 Å². The maximum atomic E-state index is 11.1. The maximum Gasteiger partial charge on any atom is 0.234 e. The van der Waals surface area contributed by atoms with E-state index in [4.69, 9.17) is 0 Å². The monoisotopic (exact) mass is 199 g/mol. The Morgan fingerprint density at radius 3 is 2.79 bits per heavy atom. The lowest BCUT2D eigenvalue weighted by Gasteiger charge is -2.28. The largest absolute Gasteiger partial charge is 0.354 e. The Kier molecular flexibility index (Phi) is 3.89. The summed E-state index contributed by atoms with van der Waals surface area (Å²) < 4.78 is 0. The highest BCUT2D eigenvalue weighted by Gasteiger charge is 2.16. The molecule has 14 heavy (non-hydrogen) atoms. The first kappa shape index (κ1) is 11.5. The average molecular weight is 199 g/mol. The molecule has 1 fully saturated rings. The zero-order valence-electron chi connectivity index (χ0n) is 9.39. The summed E-state index contributed by atoms with van der Waals surface area (Å²) in [6.45, 7) is 10.6. The van der Waals surface area contributed by atoms with Crippen molar-refractivity contribution in [2.75, 3.05) is 32.7 Å². The van der Waals surface area contributed by atoms with Gasteiger partial charge < -0.3 is 10.6 Å². The van der Waals surface area contributed by atoms with Gasteiger partial charge in [0, 0.05) is 31.7 Å². The zero-order chi connectivity index (χ0) is 10.6. The van der Waals surface area contributed by atoms with E-state index in [0.29, 0.717) is 6.54 Å². The standard InChI is InChI=1S/C10H21N3O/c1-10(2,3)12-5-7-13-6-4-11-9(14)8-13/h12H,4-8H2,1-3H3,(H,11,14). The highest BCUT2D eigenvalue weighted by atomic mass is 16.2. The molecule has 1 aliphatic heterocycles. The first-order valence-electron chi connectivity index (χ1n) is 5.21. The number of carbonyl (C=O) groups excluding carboxylic acids is 1. The van der Waals surface area contributed by atoms with Crippen molar-refractivity contribution in [2.45, 2.75) is 26.3 Å². The lowest BCUT2D eigenvalue weighted by molar-refractivity contribution is -0.124. The topological polar surface area (TPSA) is 44.4 Å². The number of piperazine rings is 1. The molecular formula is C10H21N3O. The third-order valence-corrected chi connectivity index (χ3v) is 2.20. The number of amides is 1. The minimum absolute atomic E-state index is 0.145. The minimum Gasteiger partial charge on any atom is -0.354 e. The van der Waals surface area contributed by atoms with Gasteiger partial charge in [0.15, 0.2) is 0 Å². The van der Waals surface area contributed by atoms with E-state index in [-0.39, 0.29) is 11.4 Å². The van der Waals surface area contributed by atoms with Crippen LogP contribution >= 0.6 is 0 Å². The number of rotatable bonds is 3. The Morgan fingerprint density at radius 1 is 1.50 bits per heavy atom. The Balaban J connectivity index is 2.15. The first-order valence-corrected chi connectivity index (χ1v) is 5.21. The molecule has 0 saturated carbocycles. The Morgan fingerprint density at radius 2 is 2.21 bits per heavy atom. The number of nitrogens with zero attached hydrogens (tertiary/aromatic N) is 1. The molecule has 1 amide bonds. The quantitative estimate of drug-likeness (QED) is 0.662. The maximum absolute atomic E-state index is 11.1. The van der Waals surface area contributed by atoms with Gasteiger partial charge in [-0.1, -0.05) is 0 Å². The second kappa shape index (κ2) is 4.75. The molecule has 0 aliphatic carbocycles. The van der Waals surface area contributed by atoms with E-state index in [1.807, 2.05) is 0 Å². The lowest BCUT2D eigenvalue weighted by Crippen LogP contribution is -2.50. The van der Waals surface area contributed by atoms with E-state index in [1.54, 1.807) is 0 Å². The summed E-state index contributed by atoms with van der Waals surface area (Å²) in [7, 11) is 0. The third-order valence-electron chi connectivity index (χ3n) is 2.20. The number of hydrogen-bond acceptors (Lipinski definition) is 3. The predicted octanol–water partition coefficient (Wildman–Crippen LogP) is -0.194. The summed E-state index contributed by atoms with van der Waals surface area (Å²) in [4.78, 5) is 13.2. The minimum atomic E-state index is 0.145. The molecule has 0 aromatic heterocycles. The Bertz CT molecular complexity index is 198. The van der Waals surface area contributed by atoms with Crippen molar-refractivity contribution in [2.24, 2.45) is 0 Å². The summed E-state index contributed by atoms with van der Waals surface area (Å²) in [5.41, 5.74) is 0.165. The van der Waals surface area contributed by atoms with Gasteiger partial charge in [-0.3, -0.25) is 9.69 Å². The molecule has 1 rings (SSSR count). The van der Waals surface area contributed by atoms with E-state index in [1.165, 1.54) is 0 Å². The van der Waals surface area contributed by atoms with Crippen molar-refractivity contribution in [3.8, 4) is 0 Å². The van der Waals surface area contributed by atoms with Crippen LogP contribution in [0.15, 0.2) is 0 Å². The molecule has 0 radical (unpaired) electrons. The van der Waals surface area contributed by atoms with Gasteiger partial charge in [0.25, 0.3) is 0 Å². The molecule has 0 spiro atoms. The fourth-order valence-corrected chi connectivity index (χ4v) is 1.47. The van der Waals surface area contributed by atoms with Gasteiger partial charge in [-0.25, -0.2) is 0 Å². The normalized spacial score (nSPS) is 19.5. The SMILES string of the molecule is CC(C)(C)NCCN1CCNC(=O)C1. The van der Waals surface area contributed by atoms with Crippen molar-refractivity contribution < 1.29 is 4.79 Å². The second-order valence-corrected chi connectivity index (χ2v) is 4.80. The fourth-order valence-electron chi connectivity index (χ4n) is 1.47. The van der Waals surface area contributed by atoms with Crippen molar-refractivity contribution in [1.82, 2.24) is 15.5 Å². The molecule has 2 N–H and O–H groups in total. The highest BCUT2D eigenvalue weighted by Crippen LogP contribution is 1.98. The first-order chi connectivity index (χ1) is 6.47. The van der Waals surface area contributed by atoms with Crippen LogP contribution in [-0.2, 0) is 4.79 Å². The Labute approximate surface area is 86.0 Å². The lowest BCUT2D eigenvalue weighted by atomic mass is 10.1. The van der Waals surface area contributed by atoms with Gasteiger partial charge in [-0.15, -0.1) is 0 Å². The summed E-state index contributed by atoms with van der Waals surface area (Å²) in [5.74, 6) is 0.145. The van der Waals surface area contributed by atoms with Crippen LogP contribution in [0.3, 0.4) is 0 Å². The molecule has 0 aromatic carbocycles. The van der Waals surface area contributed by atoms with E-state index in [2.05, 4.69) is 36.3 Å². The van der Waals surface area contributed by atoms with Crippen LogP contribution in [-0.4, -0.2) is 49.1 Å². The van der Waals surface area contributed by atoms with E-state index < -0.39 is 0 Å². The van der Waals surface area contributed by atoms with E-state index >= 15 is 0 Å². The van der Waals surface area contributed by atoms with Gasteiger partial charge >= 0.3 is 0 Å². The predicted molar refractivity (Wildman–Crippen MR) is 57.2 cm³/mol. The van der Waals surface area contributed by atoms with Crippen LogP contribution in [0, 0.1) is 0 Å². The van der Waals surface area contributed by atoms with Crippen molar-refractivity contribution >= 4 is 5.91 Å². The van der Waals surface area contributed by atoms with Crippen molar-refractivity contribution in [1.29, 1.82) is 0 Å². The number of hydrogen-bond donors (Lipinski definition) is 2. The molecule has 1 aliphatic rings. The molecule has 0 aromatic rings. The van der Waals surface area contributed by atoms with Crippen LogP contribution in [0.1, 0.15) is 20.8 Å². The number of nitrogens with one attached hydrogen (secondary N) is 2. The van der Waals surface area contributed by atoms with Gasteiger partial charge in [0.1, 0.15) is 0 Å². The Hall–Kier alpha value is -0.610. The van der Waals surface area contributed by atoms with Gasteiger partial charge in [-0.2, -0.15) is 0 Å². The summed E-state index contributed by atoms with van der Waals surface area (Å²) >= 11 is 0. The zero-order valence-corrected chi connectivity index (χ0v) is 9.39. The second-order valence-electron chi connectivity index (χ2n) is 4.80. The molecule has 0 atom stereocenters. The van der Waals surface area contributed by atoms with Crippen LogP contribution in [0.25, 0.3) is 0 Å². The smallest absolute Gasteiger partial charge is 0.234 e. The molecule has 0 unspecified atom stereocenters. The van der Waals surface area contributed by atoms with E-state index in [0.717, 1.165) is 26.2 Å². The molecule has 4 nitrogen and oxygen atoms in total. The third kappa shape index (κ3) is 4.58. The summed E-state index contributed by atoms with van der Waals surface area (Å²) in [5, 5.41) is 6.23. The summed E-state index contributed by atoms with van der Waals surface area (Å²) in [6, 6.07) is 0. The van der Waals surface area contributed by atoms with Crippen LogP contribution < -0.4 is 10.6 Å².